The number of alkyl halides is 3. The Morgan fingerprint density at radius 3 is 2.33 bits per heavy atom. The van der Waals surface area contributed by atoms with E-state index in [-0.39, 0.29) is 10.9 Å². The fraction of sp³-hybridized carbons (Fsp3) is 0.520. The molecule has 3 aromatic rings. The number of carbonyl (C=O) groups excluding carboxylic acids is 1. The number of hydrogen-bond acceptors (Lipinski definition) is 3. The van der Waals surface area contributed by atoms with Gasteiger partial charge in [0.05, 0.1) is 12.2 Å². The van der Waals surface area contributed by atoms with Crippen LogP contribution in [0.25, 0.3) is 21.8 Å². The Morgan fingerprint density at radius 2 is 1.70 bits per heavy atom. The van der Waals surface area contributed by atoms with Crippen LogP contribution in [0.2, 0.25) is 0 Å². The Morgan fingerprint density at radius 1 is 1.03 bits per heavy atom. The quantitative estimate of drug-likeness (QED) is 0.254. The first-order chi connectivity index (χ1) is 15.8. The summed E-state index contributed by atoms with van der Waals surface area (Å²) in [5.74, 6) is 0. The van der Waals surface area contributed by atoms with E-state index in [0.717, 1.165) is 74.7 Å². The van der Waals surface area contributed by atoms with E-state index in [1.165, 1.54) is 0 Å². The molecule has 0 saturated carbocycles. The highest BCUT2D eigenvalue weighted by Gasteiger charge is 2.34. The lowest BCUT2D eigenvalue weighted by atomic mass is 10.0. The highest BCUT2D eigenvalue weighted by atomic mass is 19.4. The molecule has 180 valence electrons. The molecule has 0 fully saturated rings. The topological polar surface area (TPSA) is 64.1 Å². The van der Waals surface area contributed by atoms with Crippen LogP contribution in [0.1, 0.15) is 68.7 Å². The Kier molecular flexibility index (Phi) is 8.21. The number of nitrogens with zero attached hydrogens (tertiary/aromatic N) is 1. The molecule has 0 amide bonds. The summed E-state index contributed by atoms with van der Waals surface area (Å²) in [5, 5.41) is 0.648. The van der Waals surface area contributed by atoms with Crippen LogP contribution in [0.5, 0.6) is 0 Å². The summed E-state index contributed by atoms with van der Waals surface area (Å²) >= 11 is 0. The van der Waals surface area contributed by atoms with Crippen molar-refractivity contribution >= 4 is 28.3 Å². The van der Waals surface area contributed by atoms with E-state index < -0.39 is 17.3 Å². The number of pyridine rings is 1. The van der Waals surface area contributed by atoms with E-state index in [2.05, 4.69) is 14.3 Å². The number of halogens is 3. The van der Waals surface area contributed by atoms with Crippen LogP contribution in [0, 0.1) is 6.92 Å². The average Bonchev–Trinajstić information content (AvgIpc) is 3.04. The Labute approximate surface area is 190 Å². The molecule has 0 saturated heterocycles. The van der Waals surface area contributed by atoms with Crippen molar-refractivity contribution in [2.75, 3.05) is 6.61 Å². The van der Waals surface area contributed by atoms with E-state index in [4.69, 9.17) is 0 Å². The molecule has 2 heterocycles. The van der Waals surface area contributed by atoms with Crippen molar-refractivity contribution < 1.29 is 22.7 Å². The summed E-state index contributed by atoms with van der Waals surface area (Å²) in [4.78, 5) is 24.5. The maximum atomic E-state index is 13.8. The van der Waals surface area contributed by atoms with E-state index in [9.17, 15) is 22.8 Å². The normalized spacial score (nSPS) is 12.0. The van der Waals surface area contributed by atoms with Crippen molar-refractivity contribution in [3.05, 3.63) is 45.4 Å². The SMILES string of the molecule is CCc1c(C)c2c3c(C(F)(F)F)cc(=O)[nH]c3ccc2n1CCCCCCCCCOC=O. The third-order valence-corrected chi connectivity index (χ3v) is 6.26. The summed E-state index contributed by atoms with van der Waals surface area (Å²) in [6.07, 6.45) is 3.31. The van der Waals surface area contributed by atoms with E-state index in [1.807, 2.05) is 19.9 Å². The molecule has 33 heavy (non-hydrogen) atoms. The minimum Gasteiger partial charge on any atom is -0.468 e. The first-order valence-corrected chi connectivity index (χ1v) is 11.6. The molecule has 1 aromatic carbocycles. The number of aromatic amines is 1. The summed E-state index contributed by atoms with van der Waals surface area (Å²) in [6, 6.07) is 4.06. The van der Waals surface area contributed by atoms with Crippen LogP contribution in [0.4, 0.5) is 13.2 Å². The Balaban J connectivity index is 1.80. The van der Waals surface area contributed by atoms with Crippen molar-refractivity contribution in [2.24, 2.45) is 0 Å². The van der Waals surface area contributed by atoms with Crippen molar-refractivity contribution in [3.8, 4) is 0 Å². The van der Waals surface area contributed by atoms with Crippen molar-refractivity contribution in [2.45, 2.75) is 77.9 Å². The maximum absolute atomic E-state index is 13.8. The van der Waals surface area contributed by atoms with Crippen LogP contribution in [-0.4, -0.2) is 22.6 Å². The van der Waals surface area contributed by atoms with Crippen LogP contribution in [0.15, 0.2) is 23.0 Å². The lowest BCUT2D eigenvalue weighted by molar-refractivity contribution is -0.136. The molecule has 0 spiro atoms. The second-order valence-electron chi connectivity index (χ2n) is 8.45. The van der Waals surface area contributed by atoms with Crippen LogP contribution < -0.4 is 5.56 Å². The molecule has 0 bridgehead atoms. The average molecular weight is 465 g/mol. The summed E-state index contributed by atoms with van der Waals surface area (Å²) in [5.41, 5.74) is 1.24. The zero-order chi connectivity index (χ0) is 24.0. The lowest BCUT2D eigenvalue weighted by Crippen LogP contribution is -2.14. The summed E-state index contributed by atoms with van der Waals surface area (Å²) in [7, 11) is 0. The number of H-pyrrole nitrogens is 1. The number of fused-ring (bicyclic) bond motifs is 3. The van der Waals surface area contributed by atoms with Gasteiger partial charge < -0.3 is 14.3 Å². The molecule has 1 N–H and O–H groups in total. The molecule has 0 radical (unpaired) electrons. The van der Waals surface area contributed by atoms with Gasteiger partial charge in [-0.1, -0.05) is 39.0 Å². The monoisotopic (exact) mass is 464 g/mol. The third-order valence-electron chi connectivity index (χ3n) is 6.26. The number of benzene rings is 1. The highest BCUT2D eigenvalue weighted by Crippen LogP contribution is 2.39. The van der Waals surface area contributed by atoms with Gasteiger partial charge in [0.15, 0.2) is 0 Å². The molecule has 5 nitrogen and oxygen atoms in total. The lowest BCUT2D eigenvalue weighted by Gasteiger charge is -2.12. The number of aryl methyl sites for hydroxylation is 2. The van der Waals surface area contributed by atoms with E-state index >= 15 is 0 Å². The minimum atomic E-state index is -4.61. The molecule has 0 atom stereocenters. The van der Waals surface area contributed by atoms with Gasteiger partial charge in [0.2, 0.25) is 5.56 Å². The van der Waals surface area contributed by atoms with Gasteiger partial charge in [-0.3, -0.25) is 9.59 Å². The zero-order valence-corrected chi connectivity index (χ0v) is 19.2. The van der Waals surface area contributed by atoms with Gasteiger partial charge >= 0.3 is 6.18 Å². The predicted octanol–water partition coefficient (Wildman–Crippen LogP) is 6.28. The first-order valence-electron chi connectivity index (χ1n) is 11.6. The third kappa shape index (κ3) is 5.60. The van der Waals surface area contributed by atoms with Gasteiger partial charge in [-0.2, -0.15) is 13.2 Å². The maximum Gasteiger partial charge on any atom is 0.417 e. The fourth-order valence-electron chi connectivity index (χ4n) is 4.77. The van der Waals surface area contributed by atoms with E-state index in [0.29, 0.717) is 24.5 Å². The molecule has 0 aliphatic heterocycles. The van der Waals surface area contributed by atoms with Gasteiger partial charge in [0.25, 0.3) is 6.47 Å². The van der Waals surface area contributed by atoms with Crippen molar-refractivity contribution in [1.82, 2.24) is 9.55 Å². The number of hydrogen-bond donors (Lipinski definition) is 1. The number of carbonyl (C=O) groups is 1. The van der Waals surface area contributed by atoms with Crippen molar-refractivity contribution in [1.29, 1.82) is 0 Å². The highest BCUT2D eigenvalue weighted by molar-refractivity contribution is 6.09. The molecule has 2 aromatic heterocycles. The number of aromatic nitrogens is 2. The molecular weight excluding hydrogens is 433 g/mol. The molecule has 0 aliphatic rings. The van der Waals surface area contributed by atoms with Gasteiger partial charge in [0, 0.05) is 40.1 Å². The Hall–Kier alpha value is -2.77. The standard InChI is InChI=1S/C25H31F3N2O3/c1-3-20-17(2)23-21(30(20)13-9-7-5-4-6-8-10-14-33-16-31)12-11-19-24(23)18(25(26,27)28)15-22(32)29-19/h11-12,15-16H,3-10,13-14H2,1-2H3,(H,29,32). The second kappa shape index (κ2) is 10.9. The smallest absolute Gasteiger partial charge is 0.417 e. The number of ether oxygens (including phenoxy) is 1. The number of unbranched alkanes of at least 4 members (excludes halogenated alkanes) is 6. The molecule has 0 unspecified atom stereocenters. The summed E-state index contributed by atoms with van der Waals surface area (Å²) < 4.78 is 48.2. The van der Waals surface area contributed by atoms with Gasteiger partial charge in [-0.25, -0.2) is 0 Å². The number of nitrogens with one attached hydrogen (secondary N) is 1. The second-order valence-corrected chi connectivity index (χ2v) is 8.45. The van der Waals surface area contributed by atoms with E-state index in [1.54, 1.807) is 6.07 Å². The zero-order valence-electron chi connectivity index (χ0n) is 19.2. The van der Waals surface area contributed by atoms with Crippen LogP contribution >= 0.6 is 0 Å². The molecule has 8 heteroatoms. The van der Waals surface area contributed by atoms with Gasteiger partial charge in [-0.15, -0.1) is 0 Å². The first kappa shape index (κ1) is 24.9. The Bertz CT molecular complexity index is 1160. The van der Waals surface area contributed by atoms with Crippen molar-refractivity contribution in [3.63, 3.8) is 0 Å². The van der Waals surface area contributed by atoms with Crippen LogP contribution in [-0.2, 0) is 28.7 Å². The minimum absolute atomic E-state index is 0.0732. The summed E-state index contributed by atoms with van der Waals surface area (Å²) in [6.45, 7) is 5.58. The van der Waals surface area contributed by atoms with Crippen LogP contribution in [0.3, 0.4) is 0 Å². The fourth-order valence-corrected chi connectivity index (χ4v) is 4.77. The molecular formula is C25H31F3N2O3. The molecule has 3 rings (SSSR count). The van der Waals surface area contributed by atoms with Gasteiger partial charge in [0.1, 0.15) is 0 Å². The van der Waals surface area contributed by atoms with Gasteiger partial charge in [-0.05, 0) is 43.9 Å². The molecule has 0 aliphatic carbocycles. The predicted molar refractivity (Wildman–Crippen MR) is 124 cm³/mol. The number of rotatable bonds is 12. The largest absolute Gasteiger partial charge is 0.468 e.